The van der Waals surface area contributed by atoms with E-state index < -0.39 is 5.82 Å². The highest BCUT2D eigenvalue weighted by Gasteiger charge is 2.26. The first-order valence-electron chi connectivity index (χ1n) is 6.48. The van der Waals surface area contributed by atoms with Crippen molar-refractivity contribution < 1.29 is 4.39 Å². The maximum absolute atomic E-state index is 13.3. The fourth-order valence-corrected chi connectivity index (χ4v) is 3.07. The van der Waals surface area contributed by atoms with Crippen LogP contribution in [-0.4, -0.2) is 13.1 Å². The van der Waals surface area contributed by atoms with E-state index in [2.05, 4.69) is 11.8 Å². The molecule has 100 valence electrons. The van der Waals surface area contributed by atoms with E-state index >= 15 is 0 Å². The highest BCUT2D eigenvalue weighted by molar-refractivity contribution is 6.31. The van der Waals surface area contributed by atoms with Crippen molar-refractivity contribution in [3.63, 3.8) is 0 Å². The Morgan fingerprint density at radius 1 is 1.33 bits per heavy atom. The minimum atomic E-state index is -0.456. The molecule has 2 rings (SSSR count). The number of benzene rings is 1. The number of halogens is 2. The highest BCUT2D eigenvalue weighted by atomic mass is 35.5. The number of nitrogens with two attached hydrogens (primary N) is 1. The Morgan fingerprint density at radius 2 is 2.00 bits per heavy atom. The van der Waals surface area contributed by atoms with Crippen LogP contribution in [0.1, 0.15) is 32.6 Å². The third-order valence-corrected chi connectivity index (χ3v) is 4.30. The molecule has 0 spiro atoms. The van der Waals surface area contributed by atoms with Crippen molar-refractivity contribution in [3.8, 4) is 0 Å². The standard InChI is InChI=1S/C14H20ClFN2/c1-9-5-3-4-6-13(9)18(2)14-7-10(15)11(16)8-12(14)17/h7-9,13H,3-6,17H2,1-2H3. The zero-order valence-corrected chi connectivity index (χ0v) is 11.7. The van der Waals surface area contributed by atoms with E-state index in [4.69, 9.17) is 17.3 Å². The second-order valence-electron chi connectivity index (χ2n) is 5.27. The molecule has 4 heteroatoms. The third kappa shape index (κ3) is 2.56. The van der Waals surface area contributed by atoms with Crippen LogP contribution in [0.25, 0.3) is 0 Å². The topological polar surface area (TPSA) is 29.3 Å². The van der Waals surface area contributed by atoms with Crippen molar-refractivity contribution in [1.82, 2.24) is 0 Å². The van der Waals surface area contributed by atoms with Gasteiger partial charge in [-0.1, -0.05) is 31.4 Å². The fourth-order valence-electron chi connectivity index (χ4n) is 2.91. The number of anilines is 2. The largest absolute Gasteiger partial charge is 0.397 e. The molecule has 2 nitrogen and oxygen atoms in total. The van der Waals surface area contributed by atoms with Crippen LogP contribution in [0, 0.1) is 11.7 Å². The van der Waals surface area contributed by atoms with Crippen LogP contribution in [0.3, 0.4) is 0 Å². The lowest BCUT2D eigenvalue weighted by Gasteiger charge is -2.38. The summed E-state index contributed by atoms with van der Waals surface area (Å²) < 4.78 is 13.3. The Labute approximate surface area is 113 Å². The van der Waals surface area contributed by atoms with Crippen LogP contribution in [0.2, 0.25) is 5.02 Å². The molecule has 2 atom stereocenters. The van der Waals surface area contributed by atoms with Crippen molar-refractivity contribution in [3.05, 3.63) is 23.0 Å². The summed E-state index contributed by atoms with van der Waals surface area (Å²) in [5.74, 6) is 0.176. The SMILES string of the molecule is CC1CCCCC1N(C)c1cc(Cl)c(F)cc1N. The Morgan fingerprint density at radius 3 is 2.67 bits per heavy atom. The zero-order chi connectivity index (χ0) is 13.3. The van der Waals surface area contributed by atoms with Gasteiger partial charge in [-0.05, 0) is 24.8 Å². The average Bonchev–Trinajstić information content (AvgIpc) is 2.33. The molecule has 0 bridgehead atoms. The second kappa shape index (κ2) is 5.35. The van der Waals surface area contributed by atoms with Gasteiger partial charge in [0.2, 0.25) is 0 Å². The van der Waals surface area contributed by atoms with E-state index in [9.17, 15) is 4.39 Å². The minimum absolute atomic E-state index is 0.134. The van der Waals surface area contributed by atoms with E-state index in [-0.39, 0.29) is 5.02 Å². The van der Waals surface area contributed by atoms with Gasteiger partial charge in [-0.15, -0.1) is 0 Å². The molecule has 1 aromatic rings. The zero-order valence-electron chi connectivity index (χ0n) is 10.9. The molecule has 0 heterocycles. The maximum Gasteiger partial charge on any atom is 0.143 e. The quantitative estimate of drug-likeness (QED) is 0.821. The molecule has 2 N–H and O–H groups in total. The van der Waals surface area contributed by atoms with Gasteiger partial charge in [-0.3, -0.25) is 0 Å². The molecule has 2 unspecified atom stereocenters. The van der Waals surface area contributed by atoms with E-state index in [1.54, 1.807) is 6.07 Å². The maximum atomic E-state index is 13.3. The lowest BCUT2D eigenvalue weighted by Crippen LogP contribution is -2.39. The molecule has 1 fully saturated rings. The molecule has 0 aromatic heterocycles. The van der Waals surface area contributed by atoms with E-state index in [0.717, 1.165) is 12.1 Å². The predicted molar refractivity (Wildman–Crippen MR) is 75.6 cm³/mol. The van der Waals surface area contributed by atoms with E-state index in [1.165, 1.54) is 25.3 Å². The summed E-state index contributed by atoms with van der Waals surface area (Å²) >= 11 is 5.85. The Bertz CT molecular complexity index is 436. The molecule has 18 heavy (non-hydrogen) atoms. The Hall–Kier alpha value is -0.960. The number of rotatable bonds is 2. The summed E-state index contributed by atoms with van der Waals surface area (Å²) in [6.45, 7) is 2.27. The number of nitrogens with zero attached hydrogens (tertiary/aromatic N) is 1. The summed E-state index contributed by atoms with van der Waals surface area (Å²) in [5.41, 5.74) is 7.19. The van der Waals surface area contributed by atoms with Crippen LogP contribution in [0.4, 0.5) is 15.8 Å². The number of hydrogen-bond acceptors (Lipinski definition) is 2. The average molecular weight is 271 g/mol. The Kier molecular flexibility index (Phi) is 4.00. The van der Waals surface area contributed by atoms with Crippen LogP contribution in [-0.2, 0) is 0 Å². The summed E-state index contributed by atoms with van der Waals surface area (Å²) in [6, 6.07) is 3.40. The lowest BCUT2D eigenvalue weighted by atomic mass is 9.85. The molecule has 1 aromatic carbocycles. The van der Waals surface area contributed by atoms with Crippen molar-refractivity contribution in [2.75, 3.05) is 17.7 Å². The molecule has 0 amide bonds. The molecule has 1 aliphatic carbocycles. The van der Waals surface area contributed by atoms with Gasteiger partial charge in [0, 0.05) is 19.2 Å². The first-order chi connectivity index (χ1) is 8.50. The van der Waals surface area contributed by atoms with Gasteiger partial charge in [0.05, 0.1) is 16.4 Å². The van der Waals surface area contributed by atoms with Gasteiger partial charge in [0.25, 0.3) is 0 Å². The van der Waals surface area contributed by atoms with E-state index in [1.807, 2.05) is 7.05 Å². The minimum Gasteiger partial charge on any atom is -0.397 e. The normalized spacial score (nSPS) is 24.0. The lowest BCUT2D eigenvalue weighted by molar-refractivity contribution is 0.322. The summed E-state index contributed by atoms with van der Waals surface area (Å²) in [4.78, 5) is 2.16. The highest BCUT2D eigenvalue weighted by Crippen LogP contribution is 2.35. The molecule has 0 aliphatic heterocycles. The van der Waals surface area contributed by atoms with Crippen molar-refractivity contribution in [1.29, 1.82) is 0 Å². The van der Waals surface area contributed by atoms with Gasteiger partial charge >= 0.3 is 0 Å². The molecule has 0 radical (unpaired) electrons. The van der Waals surface area contributed by atoms with Gasteiger partial charge in [0.1, 0.15) is 5.82 Å². The summed E-state index contributed by atoms with van der Waals surface area (Å²) in [7, 11) is 2.02. The molecule has 1 saturated carbocycles. The smallest absolute Gasteiger partial charge is 0.143 e. The third-order valence-electron chi connectivity index (χ3n) is 4.01. The van der Waals surface area contributed by atoms with Crippen molar-refractivity contribution in [2.24, 2.45) is 5.92 Å². The van der Waals surface area contributed by atoms with Crippen LogP contribution in [0.15, 0.2) is 12.1 Å². The molecular formula is C14H20ClFN2. The molecule has 0 saturated heterocycles. The van der Waals surface area contributed by atoms with Gasteiger partial charge < -0.3 is 10.6 Å². The van der Waals surface area contributed by atoms with Crippen LogP contribution >= 0.6 is 11.6 Å². The number of hydrogen-bond donors (Lipinski definition) is 1. The first-order valence-corrected chi connectivity index (χ1v) is 6.86. The fraction of sp³-hybridized carbons (Fsp3) is 0.571. The molecule has 1 aliphatic rings. The second-order valence-corrected chi connectivity index (χ2v) is 5.67. The molecular weight excluding hydrogens is 251 g/mol. The van der Waals surface area contributed by atoms with Gasteiger partial charge in [-0.2, -0.15) is 0 Å². The van der Waals surface area contributed by atoms with Crippen molar-refractivity contribution >= 4 is 23.0 Å². The number of nitrogen functional groups attached to an aromatic ring is 1. The van der Waals surface area contributed by atoms with Gasteiger partial charge in [-0.25, -0.2) is 4.39 Å². The van der Waals surface area contributed by atoms with Gasteiger partial charge in [0.15, 0.2) is 0 Å². The van der Waals surface area contributed by atoms with Crippen molar-refractivity contribution in [2.45, 2.75) is 38.6 Å². The predicted octanol–water partition coefficient (Wildman–Crippen LogP) is 4.08. The summed E-state index contributed by atoms with van der Waals surface area (Å²) in [5, 5.41) is 0.134. The Balaban J connectivity index is 2.27. The van der Waals surface area contributed by atoms with Crippen LogP contribution in [0.5, 0.6) is 0 Å². The van der Waals surface area contributed by atoms with Crippen LogP contribution < -0.4 is 10.6 Å². The monoisotopic (exact) mass is 270 g/mol. The van der Waals surface area contributed by atoms with E-state index in [0.29, 0.717) is 17.6 Å². The first kappa shape index (κ1) is 13.5. The summed E-state index contributed by atoms with van der Waals surface area (Å²) in [6.07, 6.45) is 4.94.